The summed E-state index contributed by atoms with van der Waals surface area (Å²) in [6.07, 6.45) is 2.05. The van der Waals surface area contributed by atoms with E-state index in [0.717, 1.165) is 28.7 Å². The van der Waals surface area contributed by atoms with Crippen LogP contribution in [0.3, 0.4) is 0 Å². The van der Waals surface area contributed by atoms with Crippen molar-refractivity contribution in [1.29, 1.82) is 0 Å². The van der Waals surface area contributed by atoms with Gasteiger partial charge in [0.25, 0.3) is 0 Å². The third-order valence-electron chi connectivity index (χ3n) is 7.81. The van der Waals surface area contributed by atoms with Gasteiger partial charge in [0.2, 0.25) is 0 Å². The van der Waals surface area contributed by atoms with Crippen molar-refractivity contribution >= 4 is 15.9 Å². The van der Waals surface area contributed by atoms with Crippen LogP contribution in [0.5, 0.6) is 11.5 Å². The maximum Gasteiger partial charge on any atom is 0.177 e. The van der Waals surface area contributed by atoms with E-state index in [1.54, 1.807) is 19.5 Å². The minimum absolute atomic E-state index is 0.308. The molecule has 1 aliphatic heterocycles. The Hall–Kier alpha value is -2.45. The zero-order valence-electron chi connectivity index (χ0n) is 20.2. The zero-order chi connectivity index (χ0) is 24.8. The van der Waals surface area contributed by atoms with Crippen LogP contribution in [0.2, 0.25) is 0 Å². The second-order valence-corrected chi connectivity index (χ2v) is 10.2. The zero-order valence-corrected chi connectivity index (χ0v) is 21.8. The first-order valence-corrected chi connectivity index (χ1v) is 12.9. The number of hydrogen-bond acceptors (Lipinski definition) is 6. The Kier molecular flexibility index (Phi) is 6.38. The fourth-order valence-corrected chi connectivity index (χ4v) is 6.48. The normalized spacial score (nSPS) is 29.1. The molecule has 0 radical (unpaired) electrons. The number of hydrogen-bond donors (Lipinski definition) is 2. The highest BCUT2D eigenvalue weighted by molar-refractivity contribution is 9.10. The standard InChI is InChI=1S/C28H31BrN2O4/c1-4-31(5-2)17-21-24(18-9-7-6-8-10-18)28(19-11-13-20(29)14-12-19)27(33,26(21)32)25-22(34-3)15-30-16-23(25)35-28/h6-16,21,24,26,32-33H,4-5,17H2,1-3H3/t21-,24?,26-,27?,28?/m1/s1. The number of methoxy groups -OCH3 is 1. The van der Waals surface area contributed by atoms with Gasteiger partial charge in [-0.25, -0.2) is 0 Å². The van der Waals surface area contributed by atoms with Crippen LogP contribution in [0, 0.1) is 5.92 Å². The third kappa shape index (κ3) is 3.44. The minimum Gasteiger partial charge on any atom is -0.495 e. The van der Waals surface area contributed by atoms with Gasteiger partial charge in [0.1, 0.15) is 11.5 Å². The highest BCUT2D eigenvalue weighted by Gasteiger charge is 2.76. The molecule has 5 atom stereocenters. The molecule has 2 aliphatic rings. The van der Waals surface area contributed by atoms with E-state index < -0.39 is 17.3 Å². The van der Waals surface area contributed by atoms with Gasteiger partial charge >= 0.3 is 0 Å². The van der Waals surface area contributed by atoms with Gasteiger partial charge < -0.3 is 24.6 Å². The summed E-state index contributed by atoms with van der Waals surface area (Å²) in [5.41, 5.74) is -0.805. The predicted octanol–water partition coefficient (Wildman–Crippen LogP) is 4.44. The van der Waals surface area contributed by atoms with E-state index in [1.807, 2.05) is 42.5 Å². The number of rotatable bonds is 7. The molecule has 3 unspecified atom stereocenters. The third-order valence-corrected chi connectivity index (χ3v) is 8.34. The summed E-state index contributed by atoms with van der Waals surface area (Å²) in [6, 6.07) is 17.9. The predicted molar refractivity (Wildman–Crippen MR) is 138 cm³/mol. The Balaban J connectivity index is 1.83. The van der Waals surface area contributed by atoms with E-state index >= 15 is 0 Å². The average Bonchev–Trinajstić information content (AvgIpc) is 3.26. The summed E-state index contributed by atoms with van der Waals surface area (Å²) < 4.78 is 13.4. The number of benzene rings is 2. The maximum absolute atomic E-state index is 12.8. The molecule has 184 valence electrons. The molecule has 0 amide bonds. The summed E-state index contributed by atoms with van der Waals surface area (Å²) in [7, 11) is 1.55. The van der Waals surface area contributed by atoms with Gasteiger partial charge in [-0.2, -0.15) is 0 Å². The lowest BCUT2D eigenvalue weighted by Gasteiger charge is -2.41. The molecule has 1 aromatic heterocycles. The molecule has 0 spiro atoms. The Morgan fingerprint density at radius 2 is 1.74 bits per heavy atom. The summed E-state index contributed by atoms with van der Waals surface area (Å²) in [5.74, 6) is 0.175. The number of ether oxygens (including phenoxy) is 2. The SMILES string of the molecule is CCN(CC)C[C@@H]1C(c2ccccc2)C2(c3ccc(Br)cc3)Oc3cncc(OC)c3C2(O)[C@@H]1O. The van der Waals surface area contributed by atoms with Gasteiger partial charge in [-0.3, -0.25) is 4.98 Å². The van der Waals surface area contributed by atoms with Crippen molar-refractivity contribution in [3.8, 4) is 11.5 Å². The highest BCUT2D eigenvalue weighted by atomic mass is 79.9. The van der Waals surface area contributed by atoms with Gasteiger partial charge in [0.15, 0.2) is 11.2 Å². The van der Waals surface area contributed by atoms with Crippen molar-refractivity contribution in [3.05, 3.63) is 88.2 Å². The number of fused-ring (bicyclic) bond motifs is 3. The lowest BCUT2D eigenvalue weighted by atomic mass is 9.70. The quantitative estimate of drug-likeness (QED) is 0.463. The van der Waals surface area contributed by atoms with E-state index in [9.17, 15) is 10.2 Å². The summed E-state index contributed by atoms with van der Waals surface area (Å²) in [5, 5.41) is 24.9. The molecule has 1 fully saturated rings. The van der Waals surface area contributed by atoms with E-state index in [-0.39, 0.29) is 11.8 Å². The Morgan fingerprint density at radius 3 is 2.37 bits per heavy atom. The van der Waals surface area contributed by atoms with Gasteiger partial charge in [-0.05, 0) is 36.3 Å². The second kappa shape index (κ2) is 9.21. The number of aliphatic hydroxyl groups is 2. The number of pyridine rings is 1. The number of aliphatic hydroxyl groups excluding tert-OH is 1. The van der Waals surface area contributed by atoms with Crippen LogP contribution in [-0.2, 0) is 11.2 Å². The molecule has 3 aromatic rings. The molecule has 0 bridgehead atoms. The lowest BCUT2D eigenvalue weighted by molar-refractivity contribution is -0.152. The summed E-state index contributed by atoms with van der Waals surface area (Å²) in [6.45, 7) is 6.53. The largest absolute Gasteiger partial charge is 0.495 e. The Labute approximate surface area is 214 Å². The van der Waals surface area contributed by atoms with Crippen LogP contribution >= 0.6 is 15.9 Å². The fraction of sp³-hybridized carbons (Fsp3) is 0.393. The molecule has 5 rings (SSSR count). The first-order chi connectivity index (χ1) is 16.9. The van der Waals surface area contributed by atoms with E-state index in [4.69, 9.17) is 9.47 Å². The number of nitrogens with zero attached hydrogens (tertiary/aromatic N) is 2. The topological polar surface area (TPSA) is 75.1 Å². The molecule has 1 aliphatic carbocycles. The first kappa shape index (κ1) is 24.3. The Bertz CT molecular complexity index is 1190. The molecule has 1 saturated carbocycles. The van der Waals surface area contributed by atoms with Crippen molar-refractivity contribution in [3.63, 3.8) is 0 Å². The molecule has 2 heterocycles. The molecular weight excluding hydrogens is 508 g/mol. The van der Waals surface area contributed by atoms with Crippen LogP contribution in [0.25, 0.3) is 0 Å². The van der Waals surface area contributed by atoms with Crippen molar-refractivity contribution < 1.29 is 19.7 Å². The van der Waals surface area contributed by atoms with Gasteiger partial charge in [0, 0.05) is 22.9 Å². The fourth-order valence-electron chi connectivity index (χ4n) is 6.21. The van der Waals surface area contributed by atoms with Crippen LogP contribution in [0.15, 0.2) is 71.5 Å². The summed E-state index contributed by atoms with van der Waals surface area (Å²) >= 11 is 3.53. The van der Waals surface area contributed by atoms with Gasteiger partial charge in [-0.1, -0.05) is 72.2 Å². The van der Waals surface area contributed by atoms with Crippen molar-refractivity contribution in [1.82, 2.24) is 9.88 Å². The van der Waals surface area contributed by atoms with Gasteiger partial charge in [-0.15, -0.1) is 0 Å². The first-order valence-electron chi connectivity index (χ1n) is 12.1. The van der Waals surface area contributed by atoms with E-state index in [1.165, 1.54) is 0 Å². The van der Waals surface area contributed by atoms with Crippen molar-refractivity contribution in [2.75, 3.05) is 26.7 Å². The molecule has 2 aromatic carbocycles. The van der Waals surface area contributed by atoms with E-state index in [0.29, 0.717) is 23.6 Å². The molecule has 6 nitrogen and oxygen atoms in total. The molecular formula is C28H31BrN2O4. The maximum atomic E-state index is 12.8. The monoisotopic (exact) mass is 538 g/mol. The minimum atomic E-state index is -1.76. The van der Waals surface area contributed by atoms with Crippen molar-refractivity contribution in [2.24, 2.45) is 5.92 Å². The van der Waals surface area contributed by atoms with Crippen molar-refractivity contribution in [2.45, 2.75) is 37.1 Å². The van der Waals surface area contributed by atoms with Crippen LogP contribution in [0.4, 0.5) is 0 Å². The highest BCUT2D eigenvalue weighted by Crippen LogP contribution is 2.69. The van der Waals surface area contributed by atoms with E-state index in [2.05, 4.69) is 51.8 Å². The van der Waals surface area contributed by atoms with Crippen LogP contribution < -0.4 is 9.47 Å². The number of halogens is 1. The van der Waals surface area contributed by atoms with Gasteiger partial charge in [0.05, 0.1) is 31.2 Å². The molecule has 0 saturated heterocycles. The Morgan fingerprint density at radius 1 is 1.06 bits per heavy atom. The molecule has 2 N–H and O–H groups in total. The molecule has 35 heavy (non-hydrogen) atoms. The molecule has 7 heteroatoms. The average molecular weight is 539 g/mol. The smallest absolute Gasteiger partial charge is 0.177 e. The summed E-state index contributed by atoms with van der Waals surface area (Å²) in [4.78, 5) is 6.57. The number of aromatic nitrogens is 1. The van der Waals surface area contributed by atoms with Crippen LogP contribution in [0.1, 0.15) is 36.5 Å². The van der Waals surface area contributed by atoms with Crippen LogP contribution in [-0.4, -0.2) is 52.9 Å². The second-order valence-electron chi connectivity index (χ2n) is 9.31. The lowest BCUT2D eigenvalue weighted by Crippen LogP contribution is -2.52.